The number of aromatic nitrogens is 2. The SMILES string of the molecule is CCCn1ccnc1C(NC)C1CN(CC)CCO1. The lowest BCUT2D eigenvalue weighted by Gasteiger charge is -2.36. The molecule has 0 aromatic carbocycles. The monoisotopic (exact) mass is 266 g/mol. The molecule has 2 atom stereocenters. The van der Waals surface area contributed by atoms with Crippen molar-refractivity contribution in [3.8, 4) is 0 Å². The van der Waals surface area contributed by atoms with Gasteiger partial charge in [0, 0.05) is 32.0 Å². The second-order valence-corrected chi connectivity index (χ2v) is 5.05. The summed E-state index contributed by atoms with van der Waals surface area (Å²) < 4.78 is 8.19. The molecule has 1 aliphatic rings. The van der Waals surface area contributed by atoms with E-state index in [9.17, 15) is 0 Å². The molecule has 0 spiro atoms. The van der Waals surface area contributed by atoms with Crippen molar-refractivity contribution in [3.63, 3.8) is 0 Å². The number of rotatable bonds is 6. The predicted octanol–water partition coefficient (Wildman–Crippen LogP) is 1.27. The van der Waals surface area contributed by atoms with E-state index in [0.29, 0.717) is 0 Å². The third kappa shape index (κ3) is 3.35. The van der Waals surface area contributed by atoms with Gasteiger partial charge in [-0.3, -0.25) is 4.90 Å². The molecule has 2 heterocycles. The molecule has 0 saturated carbocycles. The standard InChI is InChI=1S/C14H26N4O/c1-4-7-18-8-6-16-14(18)13(15-3)12-11-17(5-2)9-10-19-12/h6,8,12-13,15H,4-5,7,9-11H2,1-3H3. The van der Waals surface area contributed by atoms with E-state index in [1.54, 1.807) is 0 Å². The highest BCUT2D eigenvalue weighted by molar-refractivity contribution is 5.03. The molecule has 0 radical (unpaired) electrons. The number of nitrogens with one attached hydrogen (secondary N) is 1. The number of aryl methyl sites for hydroxylation is 1. The van der Waals surface area contributed by atoms with E-state index in [-0.39, 0.29) is 12.1 Å². The first-order chi connectivity index (χ1) is 9.30. The van der Waals surface area contributed by atoms with E-state index in [2.05, 4.69) is 39.8 Å². The maximum absolute atomic E-state index is 5.96. The average molecular weight is 266 g/mol. The molecular weight excluding hydrogens is 240 g/mol. The van der Waals surface area contributed by atoms with Crippen LogP contribution in [0, 0.1) is 0 Å². The zero-order chi connectivity index (χ0) is 13.7. The van der Waals surface area contributed by atoms with Crippen molar-refractivity contribution >= 4 is 0 Å². The van der Waals surface area contributed by atoms with E-state index in [0.717, 1.165) is 45.0 Å². The number of imidazole rings is 1. The van der Waals surface area contributed by atoms with Crippen molar-refractivity contribution in [1.29, 1.82) is 0 Å². The Hall–Kier alpha value is -0.910. The Morgan fingerprint density at radius 2 is 2.37 bits per heavy atom. The van der Waals surface area contributed by atoms with E-state index in [1.165, 1.54) is 0 Å². The normalized spacial score (nSPS) is 22.6. The molecule has 19 heavy (non-hydrogen) atoms. The molecule has 1 aromatic rings. The van der Waals surface area contributed by atoms with Gasteiger partial charge < -0.3 is 14.6 Å². The molecule has 1 aliphatic heterocycles. The van der Waals surface area contributed by atoms with E-state index in [1.807, 2.05) is 13.2 Å². The van der Waals surface area contributed by atoms with Crippen LogP contribution in [0.3, 0.4) is 0 Å². The van der Waals surface area contributed by atoms with Gasteiger partial charge in [0.1, 0.15) is 5.82 Å². The molecule has 5 heteroatoms. The van der Waals surface area contributed by atoms with Gasteiger partial charge in [-0.1, -0.05) is 13.8 Å². The molecule has 1 aromatic heterocycles. The van der Waals surface area contributed by atoms with Crippen LogP contribution in [0.25, 0.3) is 0 Å². The average Bonchev–Trinajstić information content (AvgIpc) is 2.89. The Kier molecular flexibility index (Phi) is 5.36. The molecule has 1 N–H and O–H groups in total. The van der Waals surface area contributed by atoms with Crippen molar-refractivity contribution in [3.05, 3.63) is 18.2 Å². The zero-order valence-corrected chi connectivity index (χ0v) is 12.3. The lowest BCUT2D eigenvalue weighted by atomic mass is 10.1. The van der Waals surface area contributed by atoms with Gasteiger partial charge >= 0.3 is 0 Å². The minimum absolute atomic E-state index is 0.163. The summed E-state index contributed by atoms with van der Waals surface area (Å²) in [6.07, 6.45) is 5.24. The van der Waals surface area contributed by atoms with Crippen LogP contribution in [-0.2, 0) is 11.3 Å². The first-order valence-electron chi connectivity index (χ1n) is 7.32. The number of ether oxygens (including phenoxy) is 1. The van der Waals surface area contributed by atoms with Crippen molar-refractivity contribution in [1.82, 2.24) is 19.8 Å². The molecule has 1 saturated heterocycles. The number of hydrogen-bond donors (Lipinski definition) is 1. The summed E-state index contributed by atoms with van der Waals surface area (Å²) in [5.41, 5.74) is 0. The fourth-order valence-electron chi connectivity index (χ4n) is 2.73. The fourth-order valence-corrected chi connectivity index (χ4v) is 2.73. The van der Waals surface area contributed by atoms with Crippen molar-refractivity contribution in [2.75, 3.05) is 33.3 Å². The molecule has 0 bridgehead atoms. The molecule has 2 unspecified atom stereocenters. The Morgan fingerprint density at radius 3 is 3.05 bits per heavy atom. The van der Waals surface area contributed by atoms with Gasteiger partial charge in [-0.15, -0.1) is 0 Å². The lowest BCUT2D eigenvalue weighted by molar-refractivity contribution is -0.0463. The summed E-state index contributed by atoms with van der Waals surface area (Å²) in [6, 6.07) is 0.163. The minimum Gasteiger partial charge on any atom is -0.373 e. The minimum atomic E-state index is 0.163. The first-order valence-corrected chi connectivity index (χ1v) is 7.32. The molecule has 1 fully saturated rings. The third-order valence-corrected chi connectivity index (χ3v) is 3.80. The second-order valence-electron chi connectivity index (χ2n) is 5.05. The van der Waals surface area contributed by atoms with Crippen molar-refractivity contribution < 1.29 is 4.74 Å². The highest BCUT2D eigenvalue weighted by atomic mass is 16.5. The number of morpholine rings is 1. The van der Waals surface area contributed by atoms with E-state index >= 15 is 0 Å². The largest absolute Gasteiger partial charge is 0.373 e. The number of likely N-dealkylation sites (N-methyl/N-ethyl adjacent to an activating group) is 2. The van der Waals surface area contributed by atoms with Crippen molar-refractivity contribution in [2.45, 2.75) is 39.0 Å². The van der Waals surface area contributed by atoms with Gasteiger partial charge in [0.25, 0.3) is 0 Å². The van der Waals surface area contributed by atoms with Crippen LogP contribution in [0.1, 0.15) is 32.1 Å². The molecule has 0 amide bonds. The van der Waals surface area contributed by atoms with Crippen LogP contribution in [0.4, 0.5) is 0 Å². The van der Waals surface area contributed by atoms with Crippen LogP contribution in [-0.4, -0.2) is 53.8 Å². The third-order valence-electron chi connectivity index (χ3n) is 3.80. The van der Waals surface area contributed by atoms with Crippen LogP contribution in [0.2, 0.25) is 0 Å². The Bertz CT molecular complexity index is 379. The van der Waals surface area contributed by atoms with Crippen LogP contribution >= 0.6 is 0 Å². The van der Waals surface area contributed by atoms with E-state index < -0.39 is 0 Å². The first kappa shape index (κ1) is 14.5. The molecule has 2 rings (SSSR count). The van der Waals surface area contributed by atoms with Gasteiger partial charge in [-0.2, -0.15) is 0 Å². The Labute approximate surface area is 116 Å². The summed E-state index contributed by atoms with van der Waals surface area (Å²) in [5, 5.41) is 3.38. The highest BCUT2D eigenvalue weighted by Crippen LogP contribution is 2.21. The summed E-state index contributed by atoms with van der Waals surface area (Å²) in [4.78, 5) is 6.97. The maximum Gasteiger partial charge on any atom is 0.128 e. The molecular formula is C14H26N4O. The fraction of sp³-hybridized carbons (Fsp3) is 0.786. The molecule has 108 valence electrons. The number of nitrogens with zero attached hydrogens (tertiary/aromatic N) is 3. The van der Waals surface area contributed by atoms with Gasteiger partial charge in [0.2, 0.25) is 0 Å². The van der Waals surface area contributed by atoms with Gasteiger partial charge in [0.15, 0.2) is 0 Å². The topological polar surface area (TPSA) is 42.3 Å². The maximum atomic E-state index is 5.96. The van der Waals surface area contributed by atoms with Crippen LogP contribution < -0.4 is 5.32 Å². The Balaban J connectivity index is 2.12. The zero-order valence-electron chi connectivity index (χ0n) is 12.3. The quantitative estimate of drug-likeness (QED) is 0.842. The summed E-state index contributed by atoms with van der Waals surface area (Å²) >= 11 is 0. The van der Waals surface area contributed by atoms with Crippen LogP contribution in [0.15, 0.2) is 12.4 Å². The van der Waals surface area contributed by atoms with Crippen LogP contribution in [0.5, 0.6) is 0 Å². The summed E-state index contributed by atoms with van der Waals surface area (Å²) in [6.45, 7) is 9.30. The smallest absolute Gasteiger partial charge is 0.128 e. The molecule has 0 aliphatic carbocycles. The lowest BCUT2D eigenvalue weighted by Crippen LogP contribution is -2.48. The Morgan fingerprint density at radius 1 is 1.53 bits per heavy atom. The van der Waals surface area contributed by atoms with E-state index in [4.69, 9.17) is 4.74 Å². The number of hydrogen-bond acceptors (Lipinski definition) is 4. The van der Waals surface area contributed by atoms with Gasteiger partial charge in [0.05, 0.1) is 18.8 Å². The van der Waals surface area contributed by atoms with Crippen molar-refractivity contribution in [2.24, 2.45) is 0 Å². The summed E-state index contributed by atoms with van der Waals surface area (Å²) in [7, 11) is 1.99. The van der Waals surface area contributed by atoms with Gasteiger partial charge in [-0.05, 0) is 20.0 Å². The molecule has 5 nitrogen and oxygen atoms in total. The van der Waals surface area contributed by atoms with Gasteiger partial charge in [-0.25, -0.2) is 4.98 Å². The highest BCUT2D eigenvalue weighted by Gasteiger charge is 2.30. The second kappa shape index (κ2) is 7.03. The predicted molar refractivity (Wildman–Crippen MR) is 76.2 cm³/mol. The summed E-state index contributed by atoms with van der Waals surface area (Å²) in [5.74, 6) is 1.09.